The summed E-state index contributed by atoms with van der Waals surface area (Å²) in [5.74, 6) is 0.503. The second-order valence-corrected chi connectivity index (χ2v) is 3.42. The van der Waals surface area contributed by atoms with E-state index >= 15 is 0 Å². The first kappa shape index (κ1) is 9.01. The van der Waals surface area contributed by atoms with Crippen molar-refractivity contribution in [3.63, 3.8) is 0 Å². The molecule has 0 heterocycles. The molecular weight excluding hydrogens is 140 g/mol. The summed E-state index contributed by atoms with van der Waals surface area (Å²) in [7, 11) is 1.64. The van der Waals surface area contributed by atoms with Crippen LogP contribution in [0.3, 0.4) is 0 Å². The van der Waals surface area contributed by atoms with Gasteiger partial charge in [0.1, 0.15) is 0 Å². The third-order valence-electron chi connectivity index (χ3n) is 2.53. The van der Waals surface area contributed by atoms with Crippen LogP contribution in [-0.4, -0.2) is 24.9 Å². The number of aliphatic hydroxyl groups is 1. The molecule has 11 heavy (non-hydrogen) atoms. The molecule has 0 bridgehead atoms. The predicted molar refractivity (Wildman–Crippen MR) is 44.5 cm³/mol. The monoisotopic (exact) mass is 158 g/mol. The Labute approximate surface area is 68.6 Å². The van der Waals surface area contributed by atoms with E-state index in [9.17, 15) is 5.11 Å². The Morgan fingerprint density at radius 3 is 2.55 bits per heavy atom. The molecule has 0 unspecified atom stereocenters. The molecule has 0 amide bonds. The number of hydrogen-bond acceptors (Lipinski definition) is 2. The zero-order chi connectivity index (χ0) is 8.10. The van der Waals surface area contributed by atoms with Gasteiger partial charge in [-0.25, -0.2) is 0 Å². The van der Waals surface area contributed by atoms with Crippen LogP contribution in [0.1, 0.15) is 32.1 Å². The van der Waals surface area contributed by atoms with E-state index in [1.165, 1.54) is 32.1 Å². The lowest BCUT2D eigenvalue weighted by atomic mass is 9.85. The summed E-state index contributed by atoms with van der Waals surface area (Å²) in [5, 5.41) is 9.55. The Balaban J connectivity index is 2.21. The van der Waals surface area contributed by atoms with Crippen LogP contribution in [-0.2, 0) is 4.74 Å². The average Bonchev–Trinajstić information content (AvgIpc) is 2.07. The molecule has 2 nitrogen and oxygen atoms in total. The molecule has 0 spiro atoms. The maximum Gasteiger partial charge on any atom is 0.0801 e. The van der Waals surface area contributed by atoms with Crippen LogP contribution in [0, 0.1) is 5.92 Å². The molecule has 0 aliphatic heterocycles. The van der Waals surface area contributed by atoms with Crippen LogP contribution in [0.15, 0.2) is 0 Å². The average molecular weight is 158 g/mol. The molecule has 0 saturated heterocycles. The van der Waals surface area contributed by atoms with Gasteiger partial charge < -0.3 is 9.84 Å². The summed E-state index contributed by atoms with van der Waals surface area (Å²) >= 11 is 0. The van der Waals surface area contributed by atoms with Crippen molar-refractivity contribution in [1.29, 1.82) is 0 Å². The zero-order valence-corrected chi connectivity index (χ0v) is 7.25. The quantitative estimate of drug-likeness (QED) is 0.675. The molecule has 1 aliphatic rings. The largest absolute Gasteiger partial charge is 0.390 e. The first-order chi connectivity index (χ1) is 5.34. The fourth-order valence-corrected chi connectivity index (χ4v) is 1.83. The van der Waals surface area contributed by atoms with Gasteiger partial charge in [0.2, 0.25) is 0 Å². The molecule has 1 aliphatic carbocycles. The SMILES string of the molecule is COC[C@@H](O)C1CCCCC1. The molecule has 0 aromatic rings. The van der Waals surface area contributed by atoms with E-state index in [2.05, 4.69) is 0 Å². The lowest BCUT2D eigenvalue weighted by Crippen LogP contribution is -2.26. The van der Waals surface area contributed by atoms with Crippen LogP contribution in [0.4, 0.5) is 0 Å². The maximum atomic E-state index is 9.55. The van der Waals surface area contributed by atoms with E-state index in [0.717, 1.165) is 0 Å². The van der Waals surface area contributed by atoms with Gasteiger partial charge in [-0.1, -0.05) is 19.3 Å². The number of hydrogen-bond donors (Lipinski definition) is 1. The molecule has 0 radical (unpaired) electrons. The normalized spacial score (nSPS) is 23.5. The van der Waals surface area contributed by atoms with Crippen LogP contribution in [0.25, 0.3) is 0 Å². The highest BCUT2D eigenvalue weighted by Gasteiger charge is 2.20. The Morgan fingerprint density at radius 2 is 2.00 bits per heavy atom. The number of aliphatic hydroxyl groups excluding tert-OH is 1. The molecule has 1 N–H and O–H groups in total. The summed E-state index contributed by atoms with van der Waals surface area (Å²) < 4.78 is 4.91. The maximum absolute atomic E-state index is 9.55. The Morgan fingerprint density at radius 1 is 1.36 bits per heavy atom. The molecule has 1 rings (SSSR count). The van der Waals surface area contributed by atoms with E-state index in [0.29, 0.717) is 12.5 Å². The number of ether oxygens (including phenoxy) is 1. The van der Waals surface area contributed by atoms with E-state index in [-0.39, 0.29) is 6.10 Å². The molecule has 0 aromatic carbocycles. The predicted octanol–water partition coefficient (Wildman–Crippen LogP) is 1.57. The van der Waals surface area contributed by atoms with Crippen molar-refractivity contribution >= 4 is 0 Å². The summed E-state index contributed by atoms with van der Waals surface area (Å²) in [4.78, 5) is 0. The lowest BCUT2D eigenvalue weighted by molar-refractivity contribution is 0.0135. The zero-order valence-electron chi connectivity index (χ0n) is 7.25. The van der Waals surface area contributed by atoms with Gasteiger partial charge in [0, 0.05) is 7.11 Å². The third-order valence-corrected chi connectivity index (χ3v) is 2.53. The molecule has 1 atom stereocenters. The van der Waals surface area contributed by atoms with E-state index in [1.54, 1.807) is 7.11 Å². The van der Waals surface area contributed by atoms with E-state index < -0.39 is 0 Å². The third kappa shape index (κ3) is 2.80. The molecule has 2 heteroatoms. The minimum atomic E-state index is -0.222. The second kappa shape index (κ2) is 4.73. The minimum absolute atomic E-state index is 0.222. The fraction of sp³-hybridized carbons (Fsp3) is 1.00. The summed E-state index contributed by atoms with van der Waals surface area (Å²) in [5.41, 5.74) is 0. The lowest BCUT2D eigenvalue weighted by Gasteiger charge is -2.25. The topological polar surface area (TPSA) is 29.5 Å². The molecular formula is C9H18O2. The van der Waals surface area contributed by atoms with Crippen molar-refractivity contribution in [2.75, 3.05) is 13.7 Å². The molecule has 0 aromatic heterocycles. The smallest absolute Gasteiger partial charge is 0.0801 e. The first-order valence-corrected chi connectivity index (χ1v) is 4.51. The van der Waals surface area contributed by atoms with Crippen molar-refractivity contribution in [2.24, 2.45) is 5.92 Å². The van der Waals surface area contributed by atoms with Crippen molar-refractivity contribution in [2.45, 2.75) is 38.2 Å². The molecule has 66 valence electrons. The van der Waals surface area contributed by atoms with Crippen LogP contribution >= 0.6 is 0 Å². The van der Waals surface area contributed by atoms with Crippen molar-refractivity contribution in [3.05, 3.63) is 0 Å². The van der Waals surface area contributed by atoms with E-state index in [4.69, 9.17) is 4.74 Å². The van der Waals surface area contributed by atoms with Crippen molar-refractivity contribution < 1.29 is 9.84 Å². The summed E-state index contributed by atoms with van der Waals surface area (Å²) in [6.45, 7) is 0.505. The van der Waals surface area contributed by atoms with Gasteiger partial charge in [-0.05, 0) is 18.8 Å². The fourth-order valence-electron chi connectivity index (χ4n) is 1.83. The Bertz CT molecular complexity index is 97.7. The highest BCUT2D eigenvalue weighted by atomic mass is 16.5. The molecule has 1 fully saturated rings. The summed E-state index contributed by atoms with van der Waals surface area (Å²) in [6.07, 6.45) is 6.06. The van der Waals surface area contributed by atoms with Crippen LogP contribution in [0.5, 0.6) is 0 Å². The second-order valence-electron chi connectivity index (χ2n) is 3.42. The van der Waals surface area contributed by atoms with Gasteiger partial charge in [0.05, 0.1) is 12.7 Å². The Hall–Kier alpha value is -0.0800. The highest BCUT2D eigenvalue weighted by Crippen LogP contribution is 2.26. The summed E-state index contributed by atoms with van der Waals surface area (Å²) in [6, 6.07) is 0. The van der Waals surface area contributed by atoms with Gasteiger partial charge in [-0.15, -0.1) is 0 Å². The number of methoxy groups -OCH3 is 1. The van der Waals surface area contributed by atoms with Crippen LogP contribution < -0.4 is 0 Å². The van der Waals surface area contributed by atoms with E-state index in [1.807, 2.05) is 0 Å². The van der Waals surface area contributed by atoms with Gasteiger partial charge in [0.15, 0.2) is 0 Å². The minimum Gasteiger partial charge on any atom is -0.390 e. The van der Waals surface area contributed by atoms with Gasteiger partial charge in [0.25, 0.3) is 0 Å². The van der Waals surface area contributed by atoms with Gasteiger partial charge in [-0.3, -0.25) is 0 Å². The van der Waals surface area contributed by atoms with Gasteiger partial charge in [-0.2, -0.15) is 0 Å². The number of rotatable bonds is 3. The highest BCUT2D eigenvalue weighted by molar-refractivity contribution is 4.72. The van der Waals surface area contributed by atoms with Crippen molar-refractivity contribution in [1.82, 2.24) is 0 Å². The Kier molecular flexibility index (Phi) is 3.87. The standard InChI is InChI=1S/C9H18O2/c1-11-7-9(10)8-5-3-2-4-6-8/h8-10H,2-7H2,1H3/t9-/m1/s1. The van der Waals surface area contributed by atoms with Crippen molar-refractivity contribution in [3.8, 4) is 0 Å². The molecule has 1 saturated carbocycles. The van der Waals surface area contributed by atoms with Gasteiger partial charge >= 0.3 is 0 Å². The first-order valence-electron chi connectivity index (χ1n) is 4.51. The van der Waals surface area contributed by atoms with Crippen LogP contribution in [0.2, 0.25) is 0 Å².